The summed E-state index contributed by atoms with van der Waals surface area (Å²) in [5.41, 5.74) is 3.19. The van der Waals surface area contributed by atoms with Crippen molar-refractivity contribution in [3.05, 3.63) is 46.2 Å². The number of aromatic nitrogens is 2. The maximum atomic E-state index is 12.3. The van der Waals surface area contributed by atoms with Crippen LogP contribution in [0.3, 0.4) is 0 Å². The Labute approximate surface area is 159 Å². The van der Waals surface area contributed by atoms with Crippen LogP contribution in [0.1, 0.15) is 43.8 Å². The molecule has 1 aromatic heterocycles. The van der Waals surface area contributed by atoms with Gasteiger partial charge < -0.3 is 9.88 Å². The third kappa shape index (κ3) is 5.51. The zero-order valence-corrected chi connectivity index (χ0v) is 17.0. The van der Waals surface area contributed by atoms with Gasteiger partial charge in [-0.25, -0.2) is 4.98 Å². The number of hydrogen-bond donors (Lipinski definition) is 1. The van der Waals surface area contributed by atoms with E-state index < -0.39 is 0 Å². The largest absolute Gasteiger partial charge is 0.349 e. The summed E-state index contributed by atoms with van der Waals surface area (Å²) in [7, 11) is 0. The second-order valence-corrected chi connectivity index (χ2v) is 8.08. The molecule has 1 atom stereocenters. The van der Waals surface area contributed by atoms with Crippen molar-refractivity contribution in [2.75, 3.05) is 5.75 Å². The summed E-state index contributed by atoms with van der Waals surface area (Å²) in [6.45, 7) is 11.3. The molecule has 1 amide bonds. The van der Waals surface area contributed by atoms with Crippen LogP contribution in [0.5, 0.6) is 0 Å². The van der Waals surface area contributed by atoms with Crippen LogP contribution in [0.4, 0.5) is 0 Å². The average molecular weight is 380 g/mol. The molecule has 0 unspecified atom stereocenters. The number of nitrogens with zero attached hydrogens (tertiary/aromatic N) is 2. The van der Waals surface area contributed by atoms with E-state index in [2.05, 4.69) is 35.6 Å². The van der Waals surface area contributed by atoms with Gasteiger partial charge in [0, 0.05) is 17.3 Å². The molecule has 2 aromatic rings. The van der Waals surface area contributed by atoms with Crippen molar-refractivity contribution in [3.8, 4) is 0 Å². The molecule has 0 bridgehead atoms. The Hall–Kier alpha value is -1.46. The Balaban J connectivity index is 1.97. The van der Waals surface area contributed by atoms with Gasteiger partial charge in [-0.3, -0.25) is 4.79 Å². The lowest BCUT2D eigenvalue weighted by Gasteiger charge is -2.15. The van der Waals surface area contributed by atoms with Crippen molar-refractivity contribution in [1.82, 2.24) is 14.9 Å². The quantitative estimate of drug-likeness (QED) is 0.704. The van der Waals surface area contributed by atoms with E-state index in [0.29, 0.717) is 16.7 Å². The number of carbonyl (C=O) groups excluding carboxylic acids is 1. The van der Waals surface area contributed by atoms with Gasteiger partial charge in [-0.2, -0.15) is 0 Å². The van der Waals surface area contributed by atoms with E-state index in [4.69, 9.17) is 11.6 Å². The van der Waals surface area contributed by atoms with E-state index in [-0.39, 0.29) is 11.9 Å². The van der Waals surface area contributed by atoms with Crippen molar-refractivity contribution < 1.29 is 4.79 Å². The molecule has 0 saturated carbocycles. The number of halogens is 1. The molecule has 0 radical (unpaired) electrons. The van der Waals surface area contributed by atoms with E-state index in [0.717, 1.165) is 23.0 Å². The summed E-state index contributed by atoms with van der Waals surface area (Å²) in [4.78, 5) is 16.9. The molecule has 136 valence electrons. The standard InChI is InChI=1S/C19H26ClN3OS/c1-12(2)10-23-15(5)13(3)22-19(23)25-11-18(24)21-14(4)16-7-6-8-17(20)9-16/h6-9,12,14H,10-11H2,1-5H3,(H,21,24)/t14-/m1/s1. The number of thioether (sulfide) groups is 1. The predicted octanol–water partition coefficient (Wildman–Crippen LogP) is 4.78. The fourth-order valence-corrected chi connectivity index (χ4v) is 3.70. The lowest BCUT2D eigenvalue weighted by molar-refractivity contribution is -0.119. The summed E-state index contributed by atoms with van der Waals surface area (Å²) in [6.07, 6.45) is 0. The molecule has 25 heavy (non-hydrogen) atoms. The smallest absolute Gasteiger partial charge is 0.230 e. The maximum Gasteiger partial charge on any atom is 0.230 e. The summed E-state index contributed by atoms with van der Waals surface area (Å²) < 4.78 is 2.21. The highest BCUT2D eigenvalue weighted by Crippen LogP contribution is 2.23. The lowest BCUT2D eigenvalue weighted by Crippen LogP contribution is -2.28. The van der Waals surface area contributed by atoms with Crippen molar-refractivity contribution in [2.45, 2.75) is 52.4 Å². The number of benzene rings is 1. The monoisotopic (exact) mass is 379 g/mol. The van der Waals surface area contributed by atoms with Crippen LogP contribution < -0.4 is 5.32 Å². The van der Waals surface area contributed by atoms with Crippen molar-refractivity contribution >= 4 is 29.3 Å². The van der Waals surface area contributed by atoms with Gasteiger partial charge in [0.2, 0.25) is 5.91 Å². The first-order valence-electron chi connectivity index (χ1n) is 8.49. The Bertz CT molecular complexity index is 742. The number of amides is 1. The third-order valence-electron chi connectivity index (χ3n) is 4.03. The van der Waals surface area contributed by atoms with Crippen molar-refractivity contribution in [2.24, 2.45) is 5.92 Å². The Morgan fingerprint density at radius 2 is 2.04 bits per heavy atom. The SMILES string of the molecule is Cc1nc(SCC(=O)N[C@H](C)c2cccc(Cl)c2)n(CC(C)C)c1C. The van der Waals surface area contributed by atoms with Crippen molar-refractivity contribution in [3.63, 3.8) is 0 Å². The van der Waals surface area contributed by atoms with E-state index in [9.17, 15) is 4.79 Å². The van der Waals surface area contributed by atoms with Crippen LogP contribution in [-0.2, 0) is 11.3 Å². The molecule has 0 aliphatic carbocycles. The van der Waals surface area contributed by atoms with E-state index in [1.54, 1.807) is 0 Å². The van der Waals surface area contributed by atoms with E-state index in [1.807, 2.05) is 38.1 Å². The minimum Gasteiger partial charge on any atom is -0.349 e. The fourth-order valence-electron chi connectivity index (χ4n) is 2.59. The minimum atomic E-state index is -0.0781. The van der Waals surface area contributed by atoms with Crippen LogP contribution in [0.2, 0.25) is 5.02 Å². The second kappa shape index (κ2) is 8.77. The number of aryl methyl sites for hydroxylation is 1. The lowest BCUT2D eigenvalue weighted by atomic mass is 10.1. The molecule has 1 N–H and O–H groups in total. The highest BCUT2D eigenvalue weighted by Gasteiger charge is 2.15. The molecular weight excluding hydrogens is 354 g/mol. The summed E-state index contributed by atoms with van der Waals surface area (Å²) in [5.74, 6) is 0.869. The second-order valence-electron chi connectivity index (χ2n) is 6.70. The molecule has 0 saturated heterocycles. The first kappa shape index (κ1) is 19.9. The zero-order chi connectivity index (χ0) is 18.6. The Morgan fingerprint density at radius 3 is 2.68 bits per heavy atom. The summed E-state index contributed by atoms with van der Waals surface area (Å²) >= 11 is 7.50. The maximum absolute atomic E-state index is 12.3. The first-order chi connectivity index (χ1) is 11.8. The van der Waals surface area contributed by atoms with Crippen LogP contribution in [0, 0.1) is 19.8 Å². The minimum absolute atomic E-state index is 0.00752. The summed E-state index contributed by atoms with van der Waals surface area (Å²) in [6, 6.07) is 7.48. The van der Waals surface area contributed by atoms with Gasteiger partial charge in [0.05, 0.1) is 17.5 Å². The van der Waals surface area contributed by atoms with E-state index >= 15 is 0 Å². The predicted molar refractivity (Wildman–Crippen MR) is 105 cm³/mol. The molecule has 0 fully saturated rings. The summed E-state index contributed by atoms with van der Waals surface area (Å²) in [5, 5.41) is 4.61. The molecule has 1 aromatic carbocycles. The number of hydrogen-bond acceptors (Lipinski definition) is 3. The molecular formula is C19H26ClN3OS. The van der Waals surface area contributed by atoms with Gasteiger partial charge in [-0.1, -0.05) is 49.3 Å². The fraction of sp³-hybridized carbons (Fsp3) is 0.474. The molecule has 6 heteroatoms. The van der Waals surface area contributed by atoms with Crippen LogP contribution in [0.15, 0.2) is 29.4 Å². The Kier molecular flexibility index (Phi) is 6.96. The number of imidazole rings is 1. The zero-order valence-electron chi connectivity index (χ0n) is 15.5. The van der Waals surface area contributed by atoms with Gasteiger partial charge in [0.25, 0.3) is 0 Å². The average Bonchev–Trinajstić information content (AvgIpc) is 2.80. The van der Waals surface area contributed by atoms with Crippen LogP contribution in [-0.4, -0.2) is 21.2 Å². The first-order valence-corrected chi connectivity index (χ1v) is 9.85. The van der Waals surface area contributed by atoms with Crippen molar-refractivity contribution in [1.29, 1.82) is 0 Å². The molecule has 2 rings (SSSR count). The van der Waals surface area contributed by atoms with Gasteiger partial charge in [0.15, 0.2) is 5.16 Å². The van der Waals surface area contributed by atoms with Gasteiger partial charge in [-0.05, 0) is 44.4 Å². The topological polar surface area (TPSA) is 46.9 Å². The van der Waals surface area contributed by atoms with Gasteiger partial charge >= 0.3 is 0 Å². The third-order valence-corrected chi connectivity index (χ3v) is 5.24. The van der Waals surface area contributed by atoms with Crippen LogP contribution in [0.25, 0.3) is 0 Å². The molecule has 0 aliphatic heterocycles. The van der Waals surface area contributed by atoms with E-state index in [1.165, 1.54) is 17.5 Å². The number of rotatable bonds is 7. The molecule has 0 aliphatic rings. The number of carbonyl (C=O) groups is 1. The number of nitrogens with one attached hydrogen (secondary N) is 1. The van der Waals surface area contributed by atoms with Gasteiger partial charge in [-0.15, -0.1) is 0 Å². The Morgan fingerprint density at radius 1 is 1.32 bits per heavy atom. The molecule has 1 heterocycles. The highest BCUT2D eigenvalue weighted by atomic mass is 35.5. The molecule has 0 spiro atoms. The molecule has 4 nitrogen and oxygen atoms in total. The van der Waals surface area contributed by atoms with Crippen LogP contribution >= 0.6 is 23.4 Å². The van der Waals surface area contributed by atoms with Gasteiger partial charge in [0.1, 0.15) is 0 Å². The normalized spacial score (nSPS) is 12.4. The highest BCUT2D eigenvalue weighted by molar-refractivity contribution is 7.99.